The van der Waals surface area contributed by atoms with Gasteiger partial charge in [-0.3, -0.25) is 0 Å². The molecule has 0 aromatic carbocycles. The molecular formula is C8H14N2. The van der Waals surface area contributed by atoms with Crippen LogP contribution in [0.4, 0.5) is 0 Å². The lowest BCUT2D eigenvalue weighted by Gasteiger charge is -1.89. The minimum absolute atomic E-state index is 0.692. The third kappa shape index (κ3) is 4.97. The Balaban J connectivity index is 3.74. The van der Waals surface area contributed by atoms with Gasteiger partial charge in [0, 0.05) is 11.4 Å². The number of hydrogen-bond donors (Lipinski definition) is 2. The molecule has 0 aliphatic rings. The van der Waals surface area contributed by atoms with Crippen molar-refractivity contribution in [2.45, 2.75) is 13.3 Å². The molecule has 0 aromatic heterocycles. The maximum Gasteiger partial charge on any atom is 0.0270 e. The van der Waals surface area contributed by atoms with Crippen LogP contribution in [0.1, 0.15) is 13.3 Å². The Kier molecular flexibility index (Phi) is 4.12. The predicted molar refractivity (Wildman–Crippen MR) is 45.0 cm³/mol. The first kappa shape index (κ1) is 8.82. The molecule has 0 fully saturated rings. The van der Waals surface area contributed by atoms with Crippen molar-refractivity contribution in [1.82, 2.24) is 0 Å². The van der Waals surface area contributed by atoms with Gasteiger partial charge in [0.05, 0.1) is 0 Å². The Morgan fingerprint density at radius 2 is 2.00 bits per heavy atom. The predicted octanol–water partition coefficient (Wildman–Crippen LogP) is 1.27. The topological polar surface area (TPSA) is 52.0 Å². The summed E-state index contributed by atoms with van der Waals surface area (Å²) in [6.45, 7) is 5.36. The Morgan fingerprint density at radius 1 is 1.40 bits per heavy atom. The van der Waals surface area contributed by atoms with Crippen LogP contribution in [-0.4, -0.2) is 0 Å². The quantitative estimate of drug-likeness (QED) is 0.577. The standard InChI is InChI=1S/C8H14N2/c1-3-8(10)6-4-5-7(2)9/h3,5-6H,1,4,9-10H2,2H3/b7-5+,8-6+. The first-order chi connectivity index (χ1) is 4.66. The molecule has 0 aliphatic carbocycles. The van der Waals surface area contributed by atoms with E-state index in [0.717, 1.165) is 12.1 Å². The fourth-order valence-electron chi connectivity index (χ4n) is 0.464. The monoisotopic (exact) mass is 138 g/mol. The van der Waals surface area contributed by atoms with E-state index < -0.39 is 0 Å². The summed E-state index contributed by atoms with van der Waals surface area (Å²) < 4.78 is 0. The molecule has 0 atom stereocenters. The van der Waals surface area contributed by atoms with E-state index >= 15 is 0 Å². The normalized spacial score (nSPS) is 13.3. The SMILES string of the molecule is C=C/C(N)=C\C/C=C(\C)N. The lowest BCUT2D eigenvalue weighted by Crippen LogP contribution is -1.92. The van der Waals surface area contributed by atoms with Gasteiger partial charge in [-0.05, 0) is 19.4 Å². The molecule has 0 amide bonds. The van der Waals surface area contributed by atoms with Crippen molar-refractivity contribution >= 4 is 0 Å². The first-order valence-corrected chi connectivity index (χ1v) is 3.17. The van der Waals surface area contributed by atoms with Gasteiger partial charge in [0.2, 0.25) is 0 Å². The molecular weight excluding hydrogens is 124 g/mol. The zero-order chi connectivity index (χ0) is 7.98. The van der Waals surface area contributed by atoms with Gasteiger partial charge in [-0.15, -0.1) is 0 Å². The molecule has 2 nitrogen and oxygen atoms in total. The highest BCUT2D eigenvalue weighted by Crippen LogP contribution is 1.92. The Labute approximate surface area is 61.9 Å². The van der Waals surface area contributed by atoms with Gasteiger partial charge in [-0.2, -0.15) is 0 Å². The molecule has 0 radical (unpaired) electrons. The molecule has 2 heteroatoms. The second-order valence-corrected chi connectivity index (χ2v) is 2.09. The zero-order valence-electron chi connectivity index (χ0n) is 6.30. The van der Waals surface area contributed by atoms with E-state index in [9.17, 15) is 0 Å². The van der Waals surface area contributed by atoms with Gasteiger partial charge in [-0.1, -0.05) is 18.7 Å². The van der Waals surface area contributed by atoms with E-state index in [-0.39, 0.29) is 0 Å². The summed E-state index contributed by atoms with van der Waals surface area (Å²) in [7, 11) is 0. The van der Waals surface area contributed by atoms with Gasteiger partial charge in [0.25, 0.3) is 0 Å². The van der Waals surface area contributed by atoms with E-state index in [4.69, 9.17) is 11.5 Å². The summed E-state index contributed by atoms with van der Waals surface area (Å²) in [5.74, 6) is 0. The second-order valence-electron chi connectivity index (χ2n) is 2.09. The Hall–Kier alpha value is -1.18. The highest BCUT2D eigenvalue weighted by atomic mass is 14.6. The van der Waals surface area contributed by atoms with Gasteiger partial charge in [-0.25, -0.2) is 0 Å². The fourth-order valence-corrected chi connectivity index (χ4v) is 0.464. The highest BCUT2D eigenvalue weighted by Gasteiger charge is 1.78. The molecule has 0 unspecified atom stereocenters. The van der Waals surface area contributed by atoms with Crippen LogP contribution in [0.3, 0.4) is 0 Å². The summed E-state index contributed by atoms with van der Waals surface area (Å²) in [5.41, 5.74) is 12.3. The van der Waals surface area contributed by atoms with Crippen molar-refractivity contribution in [1.29, 1.82) is 0 Å². The Morgan fingerprint density at radius 3 is 2.40 bits per heavy atom. The lowest BCUT2D eigenvalue weighted by atomic mass is 10.3. The lowest BCUT2D eigenvalue weighted by molar-refractivity contribution is 1.22. The molecule has 0 saturated heterocycles. The number of rotatable bonds is 3. The first-order valence-electron chi connectivity index (χ1n) is 3.17. The van der Waals surface area contributed by atoms with Gasteiger partial charge >= 0.3 is 0 Å². The van der Waals surface area contributed by atoms with Crippen molar-refractivity contribution in [3.8, 4) is 0 Å². The maximum absolute atomic E-state index is 5.43. The summed E-state index contributed by atoms with van der Waals surface area (Å²) in [6.07, 6.45) is 6.15. The molecule has 0 heterocycles. The fraction of sp³-hybridized carbons (Fsp3) is 0.250. The van der Waals surface area contributed by atoms with E-state index in [0.29, 0.717) is 5.70 Å². The van der Waals surface area contributed by atoms with Crippen molar-refractivity contribution in [2.75, 3.05) is 0 Å². The average Bonchev–Trinajstić information content (AvgIpc) is 1.87. The van der Waals surface area contributed by atoms with Crippen LogP contribution < -0.4 is 11.5 Å². The van der Waals surface area contributed by atoms with Crippen molar-refractivity contribution < 1.29 is 0 Å². The van der Waals surface area contributed by atoms with E-state index in [2.05, 4.69) is 6.58 Å². The van der Waals surface area contributed by atoms with Crippen molar-refractivity contribution in [2.24, 2.45) is 11.5 Å². The molecule has 0 rings (SSSR count). The van der Waals surface area contributed by atoms with E-state index in [1.165, 1.54) is 0 Å². The molecule has 56 valence electrons. The largest absolute Gasteiger partial charge is 0.403 e. The highest BCUT2D eigenvalue weighted by molar-refractivity contribution is 5.13. The third-order valence-corrected chi connectivity index (χ3v) is 1.03. The van der Waals surface area contributed by atoms with Crippen LogP contribution in [0.5, 0.6) is 0 Å². The van der Waals surface area contributed by atoms with Crippen LogP contribution in [0.25, 0.3) is 0 Å². The van der Waals surface area contributed by atoms with Crippen LogP contribution >= 0.6 is 0 Å². The zero-order valence-corrected chi connectivity index (χ0v) is 6.30. The molecule has 10 heavy (non-hydrogen) atoms. The molecule has 0 saturated carbocycles. The summed E-state index contributed by atoms with van der Waals surface area (Å²) in [5, 5.41) is 0. The van der Waals surface area contributed by atoms with Gasteiger partial charge in [0.15, 0.2) is 0 Å². The molecule has 0 bridgehead atoms. The number of hydrogen-bond acceptors (Lipinski definition) is 2. The van der Waals surface area contributed by atoms with Gasteiger partial charge < -0.3 is 11.5 Å². The molecule has 4 N–H and O–H groups in total. The minimum atomic E-state index is 0.692. The summed E-state index contributed by atoms with van der Waals surface area (Å²) >= 11 is 0. The van der Waals surface area contributed by atoms with E-state index in [1.54, 1.807) is 6.08 Å². The number of allylic oxidation sites excluding steroid dienone is 4. The van der Waals surface area contributed by atoms with Crippen LogP contribution in [0, 0.1) is 0 Å². The van der Waals surface area contributed by atoms with Crippen molar-refractivity contribution in [3.05, 3.63) is 36.2 Å². The Bertz CT molecular complexity index is 162. The van der Waals surface area contributed by atoms with Crippen LogP contribution in [0.2, 0.25) is 0 Å². The maximum atomic E-state index is 5.43. The molecule has 0 spiro atoms. The second kappa shape index (κ2) is 4.68. The van der Waals surface area contributed by atoms with Crippen LogP contribution in [-0.2, 0) is 0 Å². The van der Waals surface area contributed by atoms with Crippen LogP contribution in [0.15, 0.2) is 36.2 Å². The minimum Gasteiger partial charge on any atom is -0.403 e. The summed E-state index contributed by atoms with van der Waals surface area (Å²) in [6, 6.07) is 0. The smallest absolute Gasteiger partial charge is 0.0270 e. The average molecular weight is 138 g/mol. The molecule has 0 aliphatic heterocycles. The molecule has 0 aromatic rings. The third-order valence-electron chi connectivity index (χ3n) is 1.03. The summed E-state index contributed by atoms with van der Waals surface area (Å²) in [4.78, 5) is 0. The number of nitrogens with two attached hydrogens (primary N) is 2. The van der Waals surface area contributed by atoms with E-state index in [1.807, 2.05) is 19.1 Å². The van der Waals surface area contributed by atoms with Gasteiger partial charge in [0.1, 0.15) is 0 Å². The van der Waals surface area contributed by atoms with Crippen molar-refractivity contribution in [3.63, 3.8) is 0 Å².